The molecule has 1 fully saturated rings. The van der Waals surface area contributed by atoms with Crippen molar-refractivity contribution < 1.29 is 14.3 Å². The molecule has 1 heterocycles. The Hall–Kier alpha value is -1.06. The fourth-order valence-electron chi connectivity index (χ4n) is 2.43. The maximum absolute atomic E-state index is 12.1. The first kappa shape index (κ1) is 14.4. The smallest absolute Gasteiger partial charge is 0.313 e. The normalized spacial score (nSPS) is 20.2. The van der Waals surface area contributed by atoms with E-state index >= 15 is 0 Å². The van der Waals surface area contributed by atoms with Gasteiger partial charge in [-0.3, -0.25) is 4.79 Å². The lowest BCUT2D eigenvalue weighted by atomic mass is 9.92. The van der Waals surface area contributed by atoms with E-state index in [1.165, 1.54) is 0 Å². The summed E-state index contributed by atoms with van der Waals surface area (Å²) >= 11 is 6.00. The van der Waals surface area contributed by atoms with Crippen LogP contribution in [-0.2, 0) is 14.3 Å². The summed E-state index contributed by atoms with van der Waals surface area (Å²) in [4.78, 5) is 12.1. The van der Waals surface area contributed by atoms with Crippen LogP contribution in [0, 0.1) is 0 Å². The second kappa shape index (κ2) is 6.92. The fraction of sp³-hybridized carbons (Fsp3) is 0.533. The minimum Gasteiger partial charge on any atom is -0.466 e. The molecule has 1 aromatic rings. The van der Waals surface area contributed by atoms with E-state index in [9.17, 15) is 4.79 Å². The van der Waals surface area contributed by atoms with Gasteiger partial charge in [0.05, 0.1) is 18.6 Å². The van der Waals surface area contributed by atoms with E-state index in [-0.39, 0.29) is 18.0 Å². The first-order chi connectivity index (χ1) is 9.20. The third-order valence-corrected chi connectivity index (χ3v) is 3.58. The highest BCUT2D eigenvalue weighted by molar-refractivity contribution is 6.30. The van der Waals surface area contributed by atoms with Crippen molar-refractivity contribution in [2.45, 2.75) is 38.2 Å². The SMILES string of the molecule is CCOC(=O)C(CC1CCCO1)c1cccc(Cl)c1. The van der Waals surface area contributed by atoms with Crippen LogP contribution in [-0.4, -0.2) is 25.3 Å². The van der Waals surface area contributed by atoms with Gasteiger partial charge in [0.15, 0.2) is 0 Å². The maximum atomic E-state index is 12.1. The van der Waals surface area contributed by atoms with Gasteiger partial charge in [0, 0.05) is 11.6 Å². The van der Waals surface area contributed by atoms with Crippen molar-refractivity contribution in [3.8, 4) is 0 Å². The third-order valence-electron chi connectivity index (χ3n) is 3.34. The zero-order chi connectivity index (χ0) is 13.7. The predicted octanol–water partition coefficient (Wildman–Crippen LogP) is 3.56. The van der Waals surface area contributed by atoms with Gasteiger partial charge in [-0.15, -0.1) is 0 Å². The van der Waals surface area contributed by atoms with Crippen molar-refractivity contribution in [1.29, 1.82) is 0 Å². The highest BCUT2D eigenvalue weighted by Crippen LogP contribution is 2.29. The molecule has 1 aliphatic heterocycles. The lowest BCUT2D eigenvalue weighted by Crippen LogP contribution is -2.21. The third kappa shape index (κ3) is 3.95. The molecule has 1 aromatic carbocycles. The van der Waals surface area contributed by atoms with Crippen LogP contribution in [0.1, 0.15) is 37.7 Å². The Kier molecular flexibility index (Phi) is 5.23. The number of benzene rings is 1. The van der Waals surface area contributed by atoms with Gasteiger partial charge in [-0.05, 0) is 43.9 Å². The van der Waals surface area contributed by atoms with Crippen molar-refractivity contribution >= 4 is 17.6 Å². The summed E-state index contributed by atoms with van der Waals surface area (Å²) in [6, 6.07) is 7.42. The number of ether oxygens (including phenoxy) is 2. The van der Waals surface area contributed by atoms with E-state index in [0.717, 1.165) is 25.0 Å². The van der Waals surface area contributed by atoms with Crippen molar-refractivity contribution in [3.05, 3.63) is 34.9 Å². The second-order valence-electron chi connectivity index (χ2n) is 4.73. The molecule has 0 aromatic heterocycles. The average Bonchev–Trinajstić information content (AvgIpc) is 2.89. The number of esters is 1. The van der Waals surface area contributed by atoms with Crippen LogP contribution in [0.3, 0.4) is 0 Å². The van der Waals surface area contributed by atoms with Gasteiger partial charge in [0.25, 0.3) is 0 Å². The average molecular weight is 283 g/mol. The Morgan fingerprint density at radius 1 is 1.58 bits per heavy atom. The number of rotatable bonds is 5. The Morgan fingerprint density at radius 2 is 2.42 bits per heavy atom. The largest absolute Gasteiger partial charge is 0.466 e. The van der Waals surface area contributed by atoms with E-state index in [1.807, 2.05) is 25.1 Å². The van der Waals surface area contributed by atoms with Gasteiger partial charge in [-0.2, -0.15) is 0 Å². The van der Waals surface area contributed by atoms with Gasteiger partial charge < -0.3 is 9.47 Å². The summed E-state index contributed by atoms with van der Waals surface area (Å²) in [7, 11) is 0. The summed E-state index contributed by atoms with van der Waals surface area (Å²) in [5, 5.41) is 0.638. The molecule has 2 unspecified atom stereocenters. The number of carbonyl (C=O) groups excluding carboxylic acids is 1. The van der Waals surface area contributed by atoms with Crippen LogP contribution in [0.2, 0.25) is 5.02 Å². The number of hydrogen-bond acceptors (Lipinski definition) is 3. The summed E-state index contributed by atoms with van der Waals surface area (Å²) in [6.07, 6.45) is 2.89. The fourth-order valence-corrected chi connectivity index (χ4v) is 2.63. The minimum absolute atomic E-state index is 0.147. The highest BCUT2D eigenvalue weighted by Gasteiger charge is 2.28. The summed E-state index contributed by atoms with van der Waals surface area (Å²) in [5.41, 5.74) is 0.904. The molecule has 1 saturated heterocycles. The standard InChI is InChI=1S/C15H19ClO3/c1-2-18-15(17)14(10-13-7-4-8-19-13)11-5-3-6-12(16)9-11/h3,5-6,9,13-14H,2,4,7-8,10H2,1H3. The van der Waals surface area contributed by atoms with Gasteiger partial charge in [0.1, 0.15) is 0 Å². The van der Waals surface area contributed by atoms with Crippen LogP contribution in [0.25, 0.3) is 0 Å². The Morgan fingerprint density at radius 3 is 3.05 bits per heavy atom. The maximum Gasteiger partial charge on any atom is 0.313 e. The van der Waals surface area contributed by atoms with Gasteiger partial charge >= 0.3 is 5.97 Å². The van der Waals surface area contributed by atoms with Gasteiger partial charge in [0.2, 0.25) is 0 Å². The molecule has 0 radical (unpaired) electrons. The molecule has 2 rings (SSSR count). The highest BCUT2D eigenvalue weighted by atomic mass is 35.5. The first-order valence-corrected chi connectivity index (χ1v) is 7.12. The molecule has 4 heteroatoms. The summed E-state index contributed by atoms with van der Waals surface area (Å²) < 4.78 is 10.8. The molecule has 0 bridgehead atoms. The second-order valence-corrected chi connectivity index (χ2v) is 5.17. The van der Waals surface area contributed by atoms with Crippen molar-refractivity contribution in [2.75, 3.05) is 13.2 Å². The topological polar surface area (TPSA) is 35.5 Å². The summed E-state index contributed by atoms with van der Waals surface area (Å²) in [6.45, 7) is 3.00. The zero-order valence-corrected chi connectivity index (χ0v) is 11.9. The lowest BCUT2D eigenvalue weighted by molar-refractivity contribution is -0.145. The molecular formula is C15H19ClO3. The van der Waals surface area contributed by atoms with Crippen molar-refractivity contribution in [2.24, 2.45) is 0 Å². The molecule has 3 nitrogen and oxygen atoms in total. The van der Waals surface area contributed by atoms with E-state index in [2.05, 4.69) is 0 Å². The molecule has 1 aliphatic rings. The molecule has 2 atom stereocenters. The van der Waals surface area contributed by atoms with E-state index in [0.29, 0.717) is 18.1 Å². The number of carbonyl (C=O) groups is 1. The van der Waals surface area contributed by atoms with Crippen LogP contribution in [0.5, 0.6) is 0 Å². The van der Waals surface area contributed by atoms with Crippen molar-refractivity contribution in [1.82, 2.24) is 0 Å². The van der Waals surface area contributed by atoms with Crippen molar-refractivity contribution in [3.63, 3.8) is 0 Å². The Labute approximate surface area is 118 Å². The zero-order valence-electron chi connectivity index (χ0n) is 11.1. The molecule has 0 N–H and O–H groups in total. The van der Waals surface area contributed by atoms with Crippen LogP contribution in [0.4, 0.5) is 0 Å². The van der Waals surface area contributed by atoms with Gasteiger partial charge in [-0.1, -0.05) is 23.7 Å². The van der Waals surface area contributed by atoms with E-state index in [4.69, 9.17) is 21.1 Å². The monoisotopic (exact) mass is 282 g/mol. The van der Waals surface area contributed by atoms with Crippen LogP contribution in [0.15, 0.2) is 24.3 Å². The minimum atomic E-state index is -0.290. The van der Waals surface area contributed by atoms with E-state index < -0.39 is 0 Å². The van der Waals surface area contributed by atoms with E-state index in [1.54, 1.807) is 6.07 Å². The molecular weight excluding hydrogens is 264 g/mol. The Balaban J connectivity index is 2.15. The quantitative estimate of drug-likeness (QED) is 0.775. The van der Waals surface area contributed by atoms with Crippen LogP contribution >= 0.6 is 11.6 Å². The molecule has 104 valence electrons. The molecule has 0 aliphatic carbocycles. The molecule has 0 spiro atoms. The lowest BCUT2D eigenvalue weighted by Gasteiger charge is -2.19. The number of hydrogen-bond donors (Lipinski definition) is 0. The first-order valence-electron chi connectivity index (χ1n) is 6.74. The van der Waals surface area contributed by atoms with Gasteiger partial charge in [-0.25, -0.2) is 0 Å². The summed E-state index contributed by atoms with van der Waals surface area (Å²) in [5.74, 6) is -0.484. The molecule has 0 saturated carbocycles. The molecule has 19 heavy (non-hydrogen) atoms. The number of halogens is 1. The van der Waals surface area contributed by atoms with Crippen LogP contribution < -0.4 is 0 Å². The Bertz CT molecular complexity index is 427. The molecule has 0 amide bonds. The predicted molar refractivity (Wildman–Crippen MR) is 74.4 cm³/mol.